The van der Waals surface area contributed by atoms with E-state index < -0.39 is 0 Å². The fourth-order valence-corrected chi connectivity index (χ4v) is 2.46. The van der Waals surface area contributed by atoms with Crippen molar-refractivity contribution >= 4 is 48.6 Å². The molecule has 3 nitrogen and oxygen atoms in total. The Labute approximate surface area is 144 Å². The quantitative estimate of drug-likeness (QED) is 0.797. The number of rotatable bonds is 1. The zero-order chi connectivity index (χ0) is 12.5. The zero-order valence-corrected chi connectivity index (χ0v) is 14.2. The highest BCUT2D eigenvalue weighted by atomic mass is 35.5. The number of fused-ring (bicyclic) bond motifs is 1. The monoisotopic (exact) mass is 347 g/mol. The van der Waals surface area contributed by atoms with Crippen LogP contribution in [0.1, 0.15) is 16.7 Å². The second kappa shape index (κ2) is 8.32. The number of hydrogen-bond donors (Lipinski definition) is 1. The van der Waals surface area contributed by atoms with Gasteiger partial charge in [-0.25, -0.2) is 0 Å². The second-order valence-electron chi connectivity index (χ2n) is 4.86. The minimum Gasteiger partial charge on any atom is -0.399 e. The molecule has 0 atom stereocenters. The minimum absolute atomic E-state index is 0. The summed E-state index contributed by atoms with van der Waals surface area (Å²) in [4.78, 5) is 6.60. The molecule has 116 valence electrons. The molecular formula is C15H20Cl3N3. The highest BCUT2D eigenvalue weighted by molar-refractivity contribution is 5.86. The van der Waals surface area contributed by atoms with Gasteiger partial charge in [-0.2, -0.15) is 0 Å². The van der Waals surface area contributed by atoms with E-state index >= 15 is 0 Å². The van der Waals surface area contributed by atoms with Crippen molar-refractivity contribution in [3.05, 3.63) is 53.3 Å². The molecule has 0 bridgehead atoms. The van der Waals surface area contributed by atoms with Crippen molar-refractivity contribution in [2.24, 2.45) is 0 Å². The predicted molar refractivity (Wildman–Crippen MR) is 96.3 cm³/mol. The molecule has 1 aromatic heterocycles. The number of nitrogen functional groups attached to an aromatic ring is 1. The molecule has 1 aliphatic rings. The van der Waals surface area contributed by atoms with Crippen LogP contribution in [0.2, 0.25) is 0 Å². The molecular weight excluding hydrogens is 329 g/mol. The number of nitrogens with zero attached hydrogens (tertiary/aromatic N) is 2. The molecule has 0 amide bonds. The Bertz CT molecular complexity index is 590. The smallest absolute Gasteiger partial charge is 0.0447 e. The summed E-state index contributed by atoms with van der Waals surface area (Å²) in [5.74, 6) is 0. The standard InChI is InChI=1S/C15H17N3.3ClH/c1-11-8-14(2-3-15(11)16)18-7-5-12-4-6-17-9-13(12)10-18;;;/h2-4,6,8-9H,5,7,10,16H2,1H3;3*1H. The van der Waals surface area contributed by atoms with Crippen molar-refractivity contribution in [1.29, 1.82) is 0 Å². The number of hydrogen-bond acceptors (Lipinski definition) is 3. The summed E-state index contributed by atoms with van der Waals surface area (Å²) in [5.41, 5.74) is 11.9. The van der Waals surface area contributed by atoms with Crippen molar-refractivity contribution in [1.82, 2.24) is 4.98 Å². The van der Waals surface area contributed by atoms with Crippen LogP contribution in [0.3, 0.4) is 0 Å². The minimum atomic E-state index is 0. The SMILES string of the molecule is Cc1cc(N2CCc3ccncc3C2)ccc1N.Cl.Cl.Cl. The maximum absolute atomic E-state index is 5.87. The van der Waals surface area contributed by atoms with Crippen LogP contribution in [0.25, 0.3) is 0 Å². The lowest BCUT2D eigenvalue weighted by Gasteiger charge is -2.30. The van der Waals surface area contributed by atoms with Crippen LogP contribution in [0.15, 0.2) is 36.7 Å². The first-order valence-corrected chi connectivity index (χ1v) is 6.27. The van der Waals surface area contributed by atoms with Gasteiger partial charge in [-0.05, 0) is 54.3 Å². The molecule has 0 fully saturated rings. The molecule has 2 N–H and O–H groups in total. The lowest BCUT2D eigenvalue weighted by atomic mass is 10.0. The number of halogens is 3. The fourth-order valence-electron chi connectivity index (χ4n) is 2.46. The van der Waals surface area contributed by atoms with Gasteiger partial charge in [-0.3, -0.25) is 4.98 Å². The normalized spacial score (nSPS) is 12.3. The molecule has 0 aliphatic carbocycles. The third-order valence-electron chi connectivity index (χ3n) is 3.64. The first-order chi connectivity index (χ1) is 8.74. The average Bonchev–Trinajstić information content (AvgIpc) is 2.41. The van der Waals surface area contributed by atoms with Gasteiger partial charge in [0.2, 0.25) is 0 Å². The Balaban J connectivity index is 0.00000133. The van der Waals surface area contributed by atoms with E-state index in [2.05, 4.69) is 35.0 Å². The van der Waals surface area contributed by atoms with Gasteiger partial charge in [-0.15, -0.1) is 37.2 Å². The van der Waals surface area contributed by atoms with Gasteiger partial charge in [-0.1, -0.05) is 0 Å². The highest BCUT2D eigenvalue weighted by Gasteiger charge is 2.16. The lowest BCUT2D eigenvalue weighted by Crippen LogP contribution is -2.30. The number of aromatic nitrogens is 1. The Morgan fingerprint density at radius 2 is 1.86 bits per heavy atom. The summed E-state index contributed by atoms with van der Waals surface area (Å²) in [6.45, 7) is 4.05. The van der Waals surface area contributed by atoms with Gasteiger partial charge < -0.3 is 10.6 Å². The van der Waals surface area contributed by atoms with Crippen molar-refractivity contribution in [3.8, 4) is 0 Å². The van der Waals surface area contributed by atoms with Gasteiger partial charge in [0.1, 0.15) is 0 Å². The molecule has 0 radical (unpaired) electrons. The van der Waals surface area contributed by atoms with Crippen LogP contribution in [0.4, 0.5) is 11.4 Å². The third kappa shape index (κ3) is 4.16. The Hall–Kier alpha value is -1.16. The number of nitrogens with two attached hydrogens (primary N) is 1. The van der Waals surface area contributed by atoms with Crippen LogP contribution in [0, 0.1) is 6.92 Å². The largest absolute Gasteiger partial charge is 0.399 e. The van der Waals surface area contributed by atoms with E-state index in [-0.39, 0.29) is 37.2 Å². The Kier molecular flexibility index (Phi) is 7.86. The van der Waals surface area contributed by atoms with Crippen molar-refractivity contribution in [2.45, 2.75) is 19.9 Å². The van der Waals surface area contributed by atoms with Gasteiger partial charge >= 0.3 is 0 Å². The van der Waals surface area contributed by atoms with Crippen molar-refractivity contribution < 1.29 is 0 Å². The Morgan fingerprint density at radius 1 is 1.10 bits per heavy atom. The maximum atomic E-state index is 5.87. The molecule has 21 heavy (non-hydrogen) atoms. The van der Waals surface area contributed by atoms with E-state index in [0.29, 0.717) is 0 Å². The Morgan fingerprint density at radius 3 is 2.57 bits per heavy atom. The molecule has 6 heteroatoms. The van der Waals surface area contributed by atoms with Crippen LogP contribution in [-0.2, 0) is 13.0 Å². The number of anilines is 2. The summed E-state index contributed by atoms with van der Waals surface area (Å²) in [7, 11) is 0. The molecule has 2 aromatic rings. The van der Waals surface area contributed by atoms with Crippen LogP contribution in [-0.4, -0.2) is 11.5 Å². The summed E-state index contributed by atoms with van der Waals surface area (Å²) >= 11 is 0. The van der Waals surface area contributed by atoms with Gasteiger partial charge in [0.05, 0.1) is 0 Å². The van der Waals surface area contributed by atoms with E-state index in [1.807, 2.05) is 18.5 Å². The summed E-state index contributed by atoms with van der Waals surface area (Å²) < 4.78 is 0. The molecule has 3 rings (SSSR count). The van der Waals surface area contributed by atoms with E-state index in [4.69, 9.17) is 5.73 Å². The van der Waals surface area contributed by atoms with Gasteiger partial charge in [0, 0.05) is 36.9 Å². The van der Waals surface area contributed by atoms with Crippen LogP contribution < -0.4 is 10.6 Å². The number of pyridine rings is 1. The van der Waals surface area contributed by atoms with Crippen LogP contribution >= 0.6 is 37.2 Å². The van der Waals surface area contributed by atoms with Crippen molar-refractivity contribution in [3.63, 3.8) is 0 Å². The van der Waals surface area contributed by atoms with Gasteiger partial charge in [0.15, 0.2) is 0 Å². The molecule has 1 aliphatic heterocycles. The topological polar surface area (TPSA) is 42.2 Å². The zero-order valence-electron chi connectivity index (χ0n) is 11.8. The summed E-state index contributed by atoms with van der Waals surface area (Å²) in [6, 6.07) is 8.38. The van der Waals surface area contributed by atoms with E-state index in [1.54, 1.807) is 0 Å². The summed E-state index contributed by atoms with van der Waals surface area (Å²) in [5, 5.41) is 0. The summed E-state index contributed by atoms with van der Waals surface area (Å²) in [6.07, 6.45) is 4.94. The lowest BCUT2D eigenvalue weighted by molar-refractivity contribution is 0.727. The number of benzene rings is 1. The van der Waals surface area contributed by atoms with Crippen molar-refractivity contribution in [2.75, 3.05) is 17.2 Å². The number of aryl methyl sites for hydroxylation is 1. The predicted octanol–water partition coefficient (Wildman–Crippen LogP) is 3.80. The third-order valence-corrected chi connectivity index (χ3v) is 3.64. The first kappa shape index (κ1) is 19.8. The molecule has 1 aromatic carbocycles. The molecule has 0 saturated carbocycles. The first-order valence-electron chi connectivity index (χ1n) is 6.27. The molecule has 0 spiro atoms. The fraction of sp³-hybridized carbons (Fsp3) is 0.267. The average molecular weight is 349 g/mol. The van der Waals surface area contributed by atoms with Gasteiger partial charge in [0.25, 0.3) is 0 Å². The van der Waals surface area contributed by atoms with Crippen LogP contribution in [0.5, 0.6) is 0 Å². The van der Waals surface area contributed by atoms with E-state index in [0.717, 1.165) is 30.8 Å². The van der Waals surface area contributed by atoms with E-state index in [1.165, 1.54) is 16.8 Å². The van der Waals surface area contributed by atoms with E-state index in [9.17, 15) is 0 Å². The molecule has 0 unspecified atom stereocenters. The molecule has 0 saturated heterocycles. The second-order valence-corrected chi connectivity index (χ2v) is 4.86. The highest BCUT2D eigenvalue weighted by Crippen LogP contribution is 2.26. The maximum Gasteiger partial charge on any atom is 0.0447 e. The molecule has 2 heterocycles.